The predicted molar refractivity (Wildman–Crippen MR) is 112 cm³/mol. The van der Waals surface area contributed by atoms with Crippen LogP contribution in [0.3, 0.4) is 0 Å². The number of aliphatic hydroxyl groups is 1. The smallest absolute Gasteiger partial charge is 0.416 e. The quantitative estimate of drug-likeness (QED) is 0.663. The van der Waals surface area contributed by atoms with Gasteiger partial charge in [-0.15, -0.1) is 0 Å². The summed E-state index contributed by atoms with van der Waals surface area (Å²) in [5.41, 5.74) is 5.44. The Morgan fingerprint density at radius 2 is 1.52 bits per heavy atom. The minimum atomic E-state index is -4.21. The van der Waals surface area contributed by atoms with Crippen molar-refractivity contribution in [1.29, 1.82) is 0 Å². The Hall–Kier alpha value is -3.07. The van der Waals surface area contributed by atoms with Crippen LogP contribution in [0.1, 0.15) is 37.5 Å². The summed E-state index contributed by atoms with van der Waals surface area (Å²) in [4.78, 5) is 21.0. The molecule has 4 N–H and O–H groups in total. The van der Waals surface area contributed by atoms with Crippen molar-refractivity contribution in [3.8, 4) is 0 Å². The zero-order valence-electron chi connectivity index (χ0n) is 18.0. The molecule has 0 aliphatic heterocycles. The highest BCUT2D eigenvalue weighted by Crippen LogP contribution is 2.28. The molecule has 0 radical (unpaired) electrons. The van der Waals surface area contributed by atoms with Crippen LogP contribution < -0.4 is 11.1 Å². The number of ether oxygens (including phenoxy) is 1. The maximum atomic E-state index is 11.9. The Morgan fingerprint density at radius 3 is 1.87 bits per heavy atom. The standard InChI is InChI=1S/C8H7F3.C7H14N2O3.C7H8O/c1-6-2-4-7(5-3-6)8(9,10)11;1-7(2,3)12-6(11)9-4-5(8)10;8-6-7-4-2-1-3-5-7/h2-5H,1H3;4H2,1-3H3,(H2,8,10)(H,9,11);1-5,8H,6H2. The fourth-order valence-electron chi connectivity index (χ4n) is 1.80. The molecular weight excluding hydrogens is 413 g/mol. The number of halogens is 3. The van der Waals surface area contributed by atoms with Crippen molar-refractivity contribution < 1.29 is 32.6 Å². The van der Waals surface area contributed by atoms with Gasteiger partial charge in [0.25, 0.3) is 0 Å². The van der Waals surface area contributed by atoms with Crippen molar-refractivity contribution in [1.82, 2.24) is 5.32 Å². The van der Waals surface area contributed by atoms with Gasteiger partial charge in [-0.1, -0.05) is 48.0 Å². The maximum absolute atomic E-state index is 11.9. The van der Waals surface area contributed by atoms with Gasteiger partial charge >= 0.3 is 12.3 Å². The van der Waals surface area contributed by atoms with Crippen LogP contribution in [-0.4, -0.2) is 29.3 Å². The van der Waals surface area contributed by atoms with E-state index in [2.05, 4.69) is 5.32 Å². The Morgan fingerprint density at radius 1 is 1.00 bits per heavy atom. The first-order valence-electron chi connectivity index (χ1n) is 9.28. The number of primary amides is 1. The van der Waals surface area contributed by atoms with Gasteiger partial charge in [-0.3, -0.25) is 4.79 Å². The average Bonchev–Trinajstić information content (AvgIpc) is 2.66. The van der Waals surface area contributed by atoms with Crippen LogP contribution in [0, 0.1) is 6.92 Å². The molecule has 0 atom stereocenters. The number of aryl methyl sites for hydroxylation is 1. The lowest BCUT2D eigenvalue weighted by Crippen LogP contribution is -2.37. The molecule has 0 fully saturated rings. The van der Waals surface area contributed by atoms with Crippen LogP contribution in [0.4, 0.5) is 18.0 Å². The van der Waals surface area contributed by atoms with Gasteiger partial charge in [0.2, 0.25) is 5.91 Å². The summed E-state index contributed by atoms with van der Waals surface area (Å²) in [6.45, 7) is 6.89. The van der Waals surface area contributed by atoms with Crippen LogP contribution in [0.15, 0.2) is 54.6 Å². The van der Waals surface area contributed by atoms with Crippen molar-refractivity contribution in [2.45, 2.75) is 46.1 Å². The van der Waals surface area contributed by atoms with Crippen molar-refractivity contribution in [3.05, 3.63) is 71.3 Å². The number of benzene rings is 2. The summed E-state index contributed by atoms with van der Waals surface area (Å²) >= 11 is 0. The van der Waals surface area contributed by atoms with Crippen molar-refractivity contribution in [2.75, 3.05) is 6.54 Å². The van der Waals surface area contributed by atoms with Crippen molar-refractivity contribution in [3.63, 3.8) is 0 Å². The van der Waals surface area contributed by atoms with Gasteiger partial charge < -0.3 is 20.9 Å². The first kappa shape index (κ1) is 27.9. The van der Waals surface area contributed by atoms with Gasteiger partial charge in [-0.05, 0) is 45.4 Å². The molecule has 0 aliphatic rings. The van der Waals surface area contributed by atoms with Crippen molar-refractivity contribution in [2.24, 2.45) is 5.73 Å². The van der Waals surface area contributed by atoms with E-state index in [-0.39, 0.29) is 13.2 Å². The first-order valence-corrected chi connectivity index (χ1v) is 9.28. The summed E-state index contributed by atoms with van der Waals surface area (Å²) < 4.78 is 40.6. The number of nitrogens with two attached hydrogens (primary N) is 1. The van der Waals surface area contributed by atoms with Gasteiger partial charge in [0, 0.05) is 0 Å². The lowest BCUT2D eigenvalue weighted by molar-refractivity contribution is -0.137. The van der Waals surface area contributed by atoms with E-state index in [1.54, 1.807) is 27.7 Å². The molecule has 0 heterocycles. The highest BCUT2D eigenvalue weighted by molar-refractivity contribution is 5.80. The molecule has 31 heavy (non-hydrogen) atoms. The zero-order valence-corrected chi connectivity index (χ0v) is 18.0. The predicted octanol–water partition coefficient (Wildman–Crippen LogP) is 4.19. The third-order valence-electron chi connectivity index (χ3n) is 3.21. The van der Waals surface area contributed by atoms with Crippen LogP contribution in [0.2, 0.25) is 0 Å². The van der Waals surface area contributed by atoms with E-state index >= 15 is 0 Å². The van der Waals surface area contributed by atoms with E-state index in [9.17, 15) is 22.8 Å². The summed E-state index contributed by atoms with van der Waals surface area (Å²) in [6.07, 6.45) is -4.85. The lowest BCUT2D eigenvalue weighted by Gasteiger charge is -2.19. The molecule has 2 aromatic carbocycles. The van der Waals surface area contributed by atoms with Gasteiger partial charge in [-0.2, -0.15) is 13.2 Å². The lowest BCUT2D eigenvalue weighted by atomic mass is 10.1. The van der Waals surface area contributed by atoms with Gasteiger partial charge in [-0.25, -0.2) is 4.79 Å². The number of amides is 2. The summed E-state index contributed by atoms with van der Waals surface area (Å²) in [5, 5.41) is 10.7. The topological polar surface area (TPSA) is 102 Å². The number of aliphatic hydroxyl groups excluding tert-OH is 1. The maximum Gasteiger partial charge on any atom is 0.416 e. The van der Waals surface area contributed by atoms with E-state index in [1.807, 2.05) is 30.3 Å². The molecule has 2 aromatic rings. The minimum absolute atomic E-state index is 0.140. The Kier molecular flexibility index (Phi) is 12.0. The number of alkyl carbamates (subject to hydrolysis) is 1. The van der Waals surface area contributed by atoms with Gasteiger partial charge in [0.15, 0.2) is 0 Å². The number of carbonyl (C=O) groups is 2. The number of hydrogen-bond acceptors (Lipinski definition) is 4. The SMILES string of the molecule is CC(C)(C)OC(=O)NCC(N)=O.Cc1ccc(C(F)(F)F)cc1.OCc1ccccc1. The first-order chi connectivity index (χ1) is 14.2. The molecule has 172 valence electrons. The highest BCUT2D eigenvalue weighted by atomic mass is 19.4. The molecule has 2 amide bonds. The summed E-state index contributed by atoms with van der Waals surface area (Å²) in [5.74, 6) is -0.596. The number of rotatable bonds is 3. The van der Waals surface area contributed by atoms with E-state index in [0.29, 0.717) is 0 Å². The van der Waals surface area contributed by atoms with Crippen LogP contribution in [0.25, 0.3) is 0 Å². The normalized spacial score (nSPS) is 10.6. The van der Waals surface area contributed by atoms with Crippen LogP contribution in [-0.2, 0) is 22.3 Å². The van der Waals surface area contributed by atoms with Crippen molar-refractivity contribution >= 4 is 12.0 Å². The largest absolute Gasteiger partial charge is 0.444 e. The van der Waals surface area contributed by atoms with Crippen LogP contribution >= 0.6 is 0 Å². The molecule has 0 unspecified atom stereocenters. The highest BCUT2D eigenvalue weighted by Gasteiger charge is 2.29. The molecular formula is C22H29F3N2O4. The fourth-order valence-corrected chi connectivity index (χ4v) is 1.80. The molecule has 0 bridgehead atoms. The molecule has 2 rings (SSSR count). The Balaban J connectivity index is 0.000000443. The Labute approximate surface area is 180 Å². The monoisotopic (exact) mass is 442 g/mol. The number of carbonyl (C=O) groups excluding carboxylic acids is 2. The molecule has 9 heteroatoms. The van der Waals surface area contributed by atoms with E-state index in [0.717, 1.165) is 23.3 Å². The third kappa shape index (κ3) is 15.4. The van der Waals surface area contributed by atoms with Gasteiger partial charge in [0.1, 0.15) is 5.60 Å². The van der Waals surface area contributed by atoms with E-state index < -0.39 is 29.3 Å². The fraction of sp³-hybridized carbons (Fsp3) is 0.364. The second-order valence-corrected chi connectivity index (χ2v) is 7.33. The van der Waals surface area contributed by atoms with Gasteiger partial charge in [0.05, 0.1) is 18.7 Å². The average molecular weight is 442 g/mol. The van der Waals surface area contributed by atoms with Crippen LogP contribution in [0.5, 0.6) is 0 Å². The Bertz CT molecular complexity index is 787. The molecule has 6 nitrogen and oxygen atoms in total. The van der Waals surface area contributed by atoms with E-state index in [4.69, 9.17) is 15.6 Å². The number of nitrogens with one attached hydrogen (secondary N) is 1. The summed E-state index contributed by atoms with van der Waals surface area (Å²) in [7, 11) is 0. The molecule has 0 aromatic heterocycles. The number of hydrogen-bond donors (Lipinski definition) is 3. The number of alkyl halides is 3. The molecule has 0 aliphatic carbocycles. The third-order valence-corrected chi connectivity index (χ3v) is 3.21. The summed E-state index contributed by atoms with van der Waals surface area (Å²) in [6, 6.07) is 14.6. The zero-order chi connectivity index (χ0) is 24.1. The minimum Gasteiger partial charge on any atom is -0.444 e. The second kappa shape index (κ2) is 13.3. The molecule has 0 saturated carbocycles. The van der Waals surface area contributed by atoms with E-state index in [1.165, 1.54) is 12.1 Å². The molecule has 0 spiro atoms. The second-order valence-electron chi connectivity index (χ2n) is 7.33. The molecule has 0 saturated heterocycles.